The predicted molar refractivity (Wildman–Crippen MR) is 88.3 cm³/mol. The van der Waals surface area contributed by atoms with Gasteiger partial charge in [-0.05, 0) is 17.9 Å². The summed E-state index contributed by atoms with van der Waals surface area (Å²) < 4.78 is 0. The fourth-order valence-corrected chi connectivity index (χ4v) is 0.714. The first-order chi connectivity index (χ1) is 8.58. The summed E-state index contributed by atoms with van der Waals surface area (Å²) in [7, 11) is 0. The van der Waals surface area contributed by atoms with Crippen molar-refractivity contribution in [1.29, 1.82) is 0 Å². The molecule has 0 heterocycles. The molecule has 1 rings (SSSR count). The minimum Gasteiger partial charge on any atom is -0.0683 e. The Labute approximate surface area is 117 Å². The van der Waals surface area contributed by atoms with E-state index in [0.717, 1.165) is 12.3 Å². The minimum atomic E-state index is 0.833. The molecule has 0 aliphatic carbocycles. The van der Waals surface area contributed by atoms with Crippen LogP contribution in [0.15, 0.2) is 30.3 Å². The van der Waals surface area contributed by atoms with Crippen molar-refractivity contribution in [2.45, 2.75) is 74.7 Å². The lowest BCUT2D eigenvalue weighted by Gasteiger charge is -1.89. The van der Waals surface area contributed by atoms with E-state index >= 15 is 0 Å². The Morgan fingerprint density at radius 1 is 0.778 bits per heavy atom. The largest absolute Gasteiger partial charge is 0.0683 e. The summed E-state index contributed by atoms with van der Waals surface area (Å²) in [4.78, 5) is 0. The van der Waals surface area contributed by atoms with Crippen LogP contribution in [0.5, 0.6) is 0 Å². The van der Waals surface area contributed by atoms with Crippen LogP contribution in [0.1, 0.15) is 73.8 Å². The van der Waals surface area contributed by atoms with Gasteiger partial charge in [0.2, 0.25) is 0 Å². The average Bonchev–Trinajstić information content (AvgIpc) is 2.41. The molecule has 0 spiro atoms. The number of hydrogen-bond donors (Lipinski definition) is 0. The third-order valence-corrected chi connectivity index (χ3v) is 1.75. The molecule has 0 aliphatic rings. The second kappa shape index (κ2) is 21.5. The molecule has 0 unspecified atom stereocenters. The smallest absolute Gasteiger partial charge is 0.0307 e. The molecule has 0 saturated heterocycles. The Kier molecular flexibility index (Phi) is 26.8. The molecule has 1 aromatic rings. The Balaban J connectivity index is -0.000000194. The zero-order valence-corrected chi connectivity index (χ0v) is 14.1. The van der Waals surface area contributed by atoms with E-state index in [1.54, 1.807) is 0 Å². The van der Waals surface area contributed by atoms with Gasteiger partial charge in [-0.1, -0.05) is 98.6 Å². The van der Waals surface area contributed by atoms with Crippen LogP contribution in [0.2, 0.25) is 0 Å². The normalized spacial score (nSPS) is 8.06. The van der Waals surface area contributed by atoms with Gasteiger partial charge < -0.3 is 0 Å². The first-order valence-corrected chi connectivity index (χ1v) is 7.62. The molecular formula is C18H36. The van der Waals surface area contributed by atoms with Gasteiger partial charge in [0.05, 0.1) is 0 Å². The van der Waals surface area contributed by atoms with Crippen LogP contribution in [0.3, 0.4) is 0 Å². The highest BCUT2D eigenvalue weighted by atomic mass is 13.9. The van der Waals surface area contributed by atoms with E-state index in [2.05, 4.69) is 65.8 Å². The van der Waals surface area contributed by atoms with Gasteiger partial charge in [-0.25, -0.2) is 0 Å². The van der Waals surface area contributed by atoms with Gasteiger partial charge in [0.25, 0.3) is 0 Å². The molecule has 0 nitrogen and oxygen atoms in total. The number of rotatable bonds is 2. The highest BCUT2D eigenvalue weighted by Gasteiger charge is 1.79. The summed E-state index contributed by atoms with van der Waals surface area (Å²) in [6, 6.07) is 10.5. The van der Waals surface area contributed by atoms with Gasteiger partial charge in [-0.2, -0.15) is 0 Å². The highest BCUT2D eigenvalue weighted by molar-refractivity contribution is 5.13. The summed E-state index contributed by atoms with van der Waals surface area (Å²) in [6.07, 6.45) is 3.78. The summed E-state index contributed by atoms with van der Waals surface area (Å²) >= 11 is 0. The highest BCUT2D eigenvalue weighted by Crippen LogP contribution is 1.96. The number of benzene rings is 1. The van der Waals surface area contributed by atoms with Crippen molar-refractivity contribution in [3.05, 3.63) is 35.9 Å². The molecule has 0 N–H and O–H groups in total. The fourth-order valence-electron chi connectivity index (χ4n) is 0.714. The van der Waals surface area contributed by atoms with Crippen molar-refractivity contribution in [3.63, 3.8) is 0 Å². The Bertz CT molecular complexity index is 194. The van der Waals surface area contributed by atoms with Crippen molar-refractivity contribution >= 4 is 0 Å². The lowest BCUT2D eigenvalue weighted by Crippen LogP contribution is -1.73. The van der Waals surface area contributed by atoms with Crippen LogP contribution in [-0.2, 0) is 6.42 Å². The maximum atomic E-state index is 2.18. The number of unbranched alkanes of at least 4 members (excludes halogenated alkanes) is 1. The van der Waals surface area contributed by atoms with E-state index in [-0.39, 0.29) is 0 Å². The van der Waals surface area contributed by atoms with Crippen LogP contribution >= 0.6 is 0 Å². The van der Waals surface area contributed by atoms with E-state index in [9.17, 15) is 0 Å². The molecule has 0 aliphatic heterocycles. The fraction of sp³-hybridized carbons (Fsp3) is 0.667. The van der Waals surface area contributed by atoms with Crippen molar-refractivity contribution < 1.29 is 0 Å². The van der Waals surface area contributed by atoms with Crippen LogP contribution in [0.4, 0.5) is 0 Å². The Morgan fingerprint density at radius 2 is 1.11 bits per heavy atom. The molecule has 0 aromatic heterocycles. The molecule has 0 radical (unpaired) electrons. The SMILES string of the molecule is CC.CC(C)C.CCCC.CCc1ccccc1. The van der Waals surface area contributed by atoms with E-state index in [0.29, 0.717) is 0 Å². The van der Waals surface area contributed by atoms with E-state index in [1.165, 1.54) is 18.4 Å². The quantitative estimate of drug-likeness (QED) is 0.546. The molecule has 18 heavy (non-hydrogen) atoms. The van der Waals surface area contributed by atoms with Gasteiger partial charge in [-0.15, -0.1) is 0 Å². The predicted octanol–water partition coefficient (Wildman–Crippen LogP) is 6.74. The van der Waals surface area contributed by atoms with E-state index in [4.69, 9.17) is 0 Å². The molecule has 0 saturated carbocycles. The standard InChI is InChI=1S/C8H10.2C4H10.C2H6/c1-2-8-6-4-3-5-7-8;1-4(2)3;1-3-4-2;1-2/h3-7H,2H2,1H3;4H,1-3H3;3-4H2,1-2H3;1-2H3. The van der Waals surface area contributed by atoms with Gasteiger partial charge in [0.1, 0.15) is 0 Å². The van der Waals surface area contributed by atoms with Gasteiger partial charge in [0, 0.05) is 0 Å². The van der Waals surface area contributed by atoms with E-state index < -0.39 is 0 Å². The zero-order valence-electron chi connectivity index (χ0n) is 14.1. The molecular weight excluding hydrogens is 216 g/mol. The monoisotopic (exact) mass is 252 g/mol. The molecule has 0 fully saturated rings. The third kappa shape index (κ3) is 29.5. The van der Waals surface area contributed by atoms with Gasteiger partial charge in [0.15, 0.2) is 0 Å². The summed E-state index contributed by atoms with van der Waals surface area (Å²) in [5.74, 6) is 0.833. The Hall–Kier alpha value is -0.780. The van der Waals surface area contributed by atoms with Gasteiger partial charge in [-0.3, -0.25) is 0 Å². The first kappa shape index (κ1) is 22.4. The summed E-state index contributed by atoms with van der Waals surface area (Å²) in [5.41, 5.74) is 1.41. The Morgan fingerprint density at radius 3 is 1.28 bits per heavy atom. The van der Waals surface area contributed by atoms with Crippen molar-refractivity contribution in [1.82, 2.24) is 0 Å². The average molecular weight is 252 g/mol. The number of aryl methyl sites for hydroxylation is 1. The van der Waals surface area contributed by atoms with Crippen LogP contribution < -0.4 is 0 Å². The second-order valence-corrected chi connectivity index (χ2v) is 4.57. The van der Waals surface area contributed by atoms with Crippen molar-refractivity contribution in [2.24, 2.45) is 5.92 Å². The third-order valence-electron chi connectivity index (χ3n) is 1.75. The van der Waals surface area contributed by atoms with Crippen LogP contribution in [0, 0.1) is 5.92 Å². The van der Waals surface area contributed by atoms with E-state index in [1.807, 2.05) is 19.9 Å². The lowest BCUT2D eigenvalue weighted by atomic mass is 10.2. The summed E-state index contributed by atoms with van der Waals surface area (Å²) in [5, 5.41) is 0. The lowest BCUT2D eigenvalue weighted by molar-refractivity contribution is 0.737. The molecule has 1 aromatic carbocycles. The topological polar surface area (TPSA) is 0 Å². The van der Waals surface area contributed by atoms with Crippen molar-refractivity contribution in [2.75, 3.05) is 0 Å². The molecule has 0 amide bonds. The summed E-state index contributed by atoms with van der Waals surface area (Å²) in [6.45, 7) is 17.0. The number of hydrogen-bond acceptors (Lipinski definition) is 0. The first-order valence-electron chi connectivity index (χ1n) is 7.62. The minimum absolute atomic E-state index is 0.833. The molecule has 0 atom stereocenters. The molecule has 108 valence electrons. The zero-order chi connectivity index (χ0) is 14.8. The maximum Gasteiger partial charge on any atom is -0.0307 e. The van der Waals surface area contributed by atoms with Gasteiger partial charge >= 0.3 is 0 Å². The second-order valence-electron chi connectivity index (χ2n) is 4.57. The van der Waals surface area contributed by atoms with Crippen molar-refractivity contribution in [3.8, 4) is 0 Å². The van der Waals surface area contributed by atoms with Crippen LogP contribution in [0.25, 0.3) is 0 Å². The molecule has 0 heteroatoms. The maximum absolute atomic E-state index is 2.18. The molecule has 0 bridgehead atoms. The van der Waals surface area contributed by atoms with Crippen LogP contribution in [-0.4, -0.2) is 0 Å².